The molecule has 2 rings (SSSR count). The number of thiazole rings is 1. The van der Waals surface area contributed by atoms with Gasteiger partial charge >= 0.3 is 18.9 Å². The summed E-state index contributed by atoms with van der Waals surface area (Å²) in [6.07, 6.45) is 2.86. The first-order chi connectivity index (χ1) is 5.86. The predicted octanol–water partition coefficient (Wildman–Crippen LogP) is 0.268. The number of benzene rings is 1. The van der Waals surface area contributed by atoms with Gasteiger partial charge in [-0.1, -0.05) is 29.3 Å². The molecule has 0 aliphatic rings. The summed E-state index contributed by atoms with van der Waals surface area (Å²) in [5, 5.41) is 0. The fourth-order valence-corrected chi connectivity index (χ4v) is 1.82. The number of halogens is 1. The van der Waals surface area contributed by atoms with Crippen molar-refractivity contribution in [3.63, 3.8) is 0 Å². The summed E-state index contributed by atoms with van der Waals surface area (Å²) in [5.41, 5.74) is 1.11. The quantitative estimate of drug-likeness (QED) is 0.477. The van der Waals surface area contributed by atoms with Crippen LogP contribution in [0.25, 0.3) is 10.4 Å². The molecule has 4 heteroatoms. The Morgan fingerprint density at radius 1 is 1.23 bits per heavy atom. The molecule has 0 saturated heterocycles. The normalized spacial score (nSPS) is 9.31. The first-order valence-corrected chi connectivity index (χ1v) is 4.65. The van der Waals surface area contributed by atoms with Crippen LogP contribution in [0.3, 0.4) is 0 Å². The minimum atomic E-state index is 0. The van der Waals surface area contributed by atoms with Crippen LogP contribution >= 0.6 is 22.9 Å². The average molecular weight is 202 g/mol. The van der Waals surface area contributed by atoms with E-state index in [4.69, 9.17) is 11.6 Å². The molecule has 0 atom stereocenters. The third kappa shape index (κ3) is 2.59. The Labute approximate surface area is 97.9 Å². The zero-order chi connectivity index (χ0) is 8.39. The molecule has 1 heterocycles. The molecule has 0 fully saturated rings. The monoisotopic (exact) mass is 201 g/mol. The molecule has 2 aromatic rings. The average Bonchev–Trinajstić information content (AvgIpc) is 2.54. The van der Waals surface area contributed by atoms with Crippen molar-refractivity contribution in [3.8, 4) is 10.4 Å². The van der Waals surface area contributed by atoms with Crippen LogP contribution in [0, 0.1) is 6.20 Å². The molecule has 1 aromatic heterocycles. The summed E-state index contributed by atoms with van der Waals surface area (Å²) in [4.78, 5) is 4.84. The second-order valence-corrected chi connectivity index (χ2v) is 3.85. The van der Waals surface area contributed by atoms with Crippen LogP contribution in [0.2, 0.25) is 4.47 Å². The van der Waals surface area contributed by atoms with Gasteiger partial charge in [0.05, 0.1) is 4.47 Å². The van der Waals surface area contributed by atoms with Gasteiger partial charge in [-0.25, -0.2) is 0 Å². The molecule has 0 saturated carbocycles. The molecule has 0 N–H and O–H groups in total. The Bertz CT molecular complexity index is 374. The van der Waals surface area contributed by atoms with Gasteiger partial charge in [-0.05, 0) is 0 Å². The van der Waals surface area contributed by atoms with Crippen LogP contribution < -0.4 is 18.9 Å². The summed E-state index contributed by atoms with van der Waals surface area (Å²) >= 11 is 7.13. The minimum absolute atomic E-state index is 0. The number of hydrogen-bond donors (Lipinski definition) is 0. The second-order valence-electron chi connectivity index (χ2n) is 2.27. The SMILES string of the molecule is Clc1n[c-]c(-c2ccccc2)s1.[Li+]. The molecule has 13 heavy (non-hydrogen) atoms. The van der Waals surface area contributed by atoms with Gasteiger partial charge in [0.2, 0.25) is 0 Å². The van der Waals surface area contributed by atoms with E-state index in [1.807, 2.05) is 30.3 Å². The molecule has 0 aliphatic carbocycles. The number of hydrogen-bond acceptors (Lipinski definition) is 2. The zero-order valence-corrected chi connectivity index (χ0v) is 8.69. The summed E-state index contributed by atoms with van der Waals surface area (Å²) in [7, 11) is 0. The van der Waals surface area contributed by atoms with E-state index in [0.717, 1.165) is 10.4 Å². The van der Waals surface area contributed by atoms with Crippen LogP contribution in [0.5, 0.6) is 0 Å². The van der Waals surface area contributed by atoms with Gasteiger partial charge in [0.15, 0.2) is 0 Å². The van der Waals surface area contributed by atoms with Gasteiger partial charge in [0.25, 0.3) is 0 Å². The smallest absolute Gasteiger partial charge is 0.365 e. The summed E-state index contributed by atoms with van der Waals surface area (Å²) < 4.78 is 0.536. The first kappa shape index (κ1) is 10.8. The Morgan fingerprint density at radius 2 is 1.92 bits per heavy atom. The number of nitrogens with zero attached hydrogens (tertiary/aromatic N) is 1. The van der Waals surface area contributed by atoms with Crippen molar-refractivity contribution in [3.05, 3.63) is 41.0 Å². The molecule has 60 valence electrons. The van der Waals surface area contributed by atoms with Crippen molar-refractivity contribution < 1.29 is 18.9 Å². The van der Waals surface area contributed by atoms with E-state index in [9.17, 15) is 0 Å². The molecule has 0 aliphatic heterocycles. The summed E-state index contributed by atoms with van der Waals surface area (Å²) in [6, 6.07) is 9.97. The number of rotatable bonds is 1. The summed E-state index contributed by atoms with van der Waals surface area (Å²) in [6.45, 7) is 0. The van der Waals surface area contributed by atoms with E-state index in [-0.39, 0.29) is 18.9 Å². The molecule has 0 spiro atoms. The fourth-order valence-electron chi connectivity index (χ4n) is 0.938. The van der Waals surface area contributed by atoms with E-state index in [2.05, 4.69) is 11.2 Å². The van der Waals surface area contributed by atoms with Crippen molar-refractivity contribution in [2.24, 2.45) is 0 Å². The van der Waals surface area contributed by atoms with E-state index >= 15 is 0 Å². The predicted molar refractivity (Wildman–Crippen MR) is 51.4 cm³/mol. The van der Waals surface area contributed by atoms with E-state index in [1.165, 1.54) is 11.3 Å². The maximum atomic E-state index is 5.69. The second kappa shape index (κ2) is 4.83. The zero-order valence-electron chi connectivity index (χ0n) is 7.12. The van der Waals surface area contributed by atoms with Crippen LogP contribution in [0.4, 0.5) is 0 Å². The van der Waals surface area contributed by atoms with Gasteiger partial charge in [-0.2, -0.15) is 11.3 Å². The van der Waals surface area contributed by atoms with E-state index in [1.54, 1.807) is 0 Å². The van der Waals surface area contributed by atoms with Crippen molar-refractivity contribution in [1.82, 2.24) is 4.98 Å². The van der Waals surface area contributed by atoms with E-state index < -0.39 is 0 Å². The molecule has 0 unspecified atom stereocenters. The standard InChI is InChI=1S/C9H5ClNS.Li/c10-9-11-6-8(12-9)7-4-2-1-3-5-7;/h1-5H;/q-1;+1. The van der Waals surface area contributed by atoms with Gasteiger partial charge in [-0.15, -0.1) is 29.3 Å². The molecule has 1 nitrogen and oxygen atoms in total. The largest absolute Gasteiger partial charge is 1.00 e. The molecular weight excluding hydrogens is 197 g/mol. The first-order valence-electron chi connectivity index (χ1n) is 3.46. The van der Waals surface area contributed by atoms with Gasteiger partial charge in [-0.3, -0.25) is 0 Å². The molecule has 0 radical (unpaired) electrons. The third-order valence-corrected chi connectivity index (χ3v) is 2.57. The number of aromatic nitrogens is 1. The Kier molecular flexibility index (Phi) is 4.02. The van der Waals surface area contributed by atoms with Crippen LogP contribution in [0.1, 0.15) is 0 Å². The fraction of sp³-hybridized carbons (Fsp3) is 0. The van der Waals surface area contributed by atoms with Crippen LogP contribution in [-0.4, -0.2) is 4.98 Å². The maximum absolute atomic E-state index is 5.69. The van der Waals surface area contributed by atoms with Crippen LogP contribution in [-0.2, 0) is 0 Å². The molecular formula is C9H5ClLiNS. The van der Waals surface area contributed by atoms with Crippen LogP contribution in [0.15, 0.2) is 30.3 Å². The molecule has 1 aromatic carbocycles. The Hall–Kier alpha value is -0.263. The van der Waals surface area contributed by atoms with Crippen molar-refractivity contribution >= 4 is 22.9 Å². The van der Waals surface area contributed by atoms with Crippen molar-refractivity contribution in [1.29, 1.82) is 0 Å². The van der Waals surface area contributed by atoms with Gasteiger partial charge in [0, 0.05) is 0 Å². The Morgan fingerprint density at radius 3 is 2.46 bits per heavy atom. The molecule has 0 bridgehead atoms. The van der Waals surface area contributed by atoms with Crippen molar-refractivity contribution in [2.75, 3.05) is 0 Å². The third-order valence-electron chi connectivity index (χ3n) is 1.47. The van der Waals surface area contributed by atoms with Gasteiger partial charge < -0.3 is 4.98 Å². The van der Waals surface area contributed by atoms with E-state index in [0.29, 0.717) is 4.47 Å². The summed E-state index contributed by atoms with van der Waals surface area (Å²) in [5.74, 6) is 0. The topological polar surface area (TPSA) is 12.9 Å². The van der Waals surface area contributed by atoms with Gasteiger partial charge in [0.1, 0.15) is 0 Å². The minimum Gasteiger partial charge on any atom is -0.365 e. The Balaban J connectivity index is 0.000000845. The van der Waals surface area contributed by atoms with Crippen molar-refractivity contribution in [2.45, 2.75) is 0 Å². The maximum Gasteiger partial charge on any atom is 1.00 e. The molecule has 0 amide bonds.